The normalized spacial score (nSPS) is 19.9. The van der Waals surface area contributed by atoms with Crippen LogP contribution in [0.25, 0.3) is 0 Å². The minimum absolute atomic E-state index is 0.0118. The number of amides is 3. The number of alkyl halides is 1. The van der Waals surface area contributed by atoms with Gasteiger partial charge in [-0.3, -0.25) is 14.4 Å². The molecule has 0 aliphatic heterocycles. The van der Waals surface area contributed by atoms with E-state index in [4.69, 9.17) is 11.6 Å². The molecule has 3 N–H and O–H groups in total. The first-order valence-corrected chi connectivity index (χ1v) is 9.81. The fraction of sp³-hybridized carbons (Fsp3) is 0.588. The van der Waals surface area contributed by atoms with Gasteiger partial charge in [0.15, 0.2) is 0 Å². The molecule has 0 spiro atoms. The summed E-state index contributed by atoms with van der Waals surface area (Å²) in [7, 11) is 0. The maximum Gasteiger partial charge on any atom is 0.261 e. The Kier molecular flexibility index (Phi) is 7.71. The van der Waals surface area contributed by atoms with Gasteiger partial charge in [-0.05, 0) is 37.8 Å². The highest BCUT2D eigenvalue weighted by Gasteiger charge is 2.26. The van der Waals surface area contributed by atoms with E-state index in [9.17, 15) is 14.4 Å². The average Bonchev–Trinajstić information content (AvgIpc) is 3.05. The number of aryl methyl sites for hydroxylation is 1. The molecule has 1 saturated carbocycles. The molecule has 2 rings (SSSR count). The number of nitrogens with one attached hydrogen (secondary N) is 3. The largest absolute Gasteiger partial charge is 0.355 e. The predicted molar refractivity (Wildman–Crippen MR) is 99.0 cm³/mol. The highest BCUT2D eigenvalue weighted by atomic mass is 35.5. The summed E-state index contributed by atoms with van der Waals surface area (Å²) >= 11 is 6.89. The zero-order valence-electron chi connectivity index (χ0n) is 14.3. The van der Waals surface area contributed by atoms with Crippen LogP contribution in [-0.4, -0.2) is 42.7 Å². The Labute approximate surface area is 156 Å². The first-order valence-electron chi connectivity index (χ1n) is 8.46. The lowest BCUT2D eigenvalue weighted by Crippen LogP contribution is -2.49. The van der Waals surface area contributed by atoms with E-state index in [1.165, 1.54) is 11.3 Å². The molecule has 6 nitrogen and oxygen atoms in total. The van der Waals surface area contributed by atoms with Crippen LogP contribution in [0, 0.1) is 12.8 Å². The molecule has 8 heteroatoms. The topological polar surface area (TPSA) is 87.3 Å². The maximum atomic E-state index is 12.2. The van der Waals surface area contributed by atoms with Crippen LogP contribution in [0.1, 0.15) is 40.2 Å². The molecule has 0 radical (unpaired) electrons. The summed E-state index contributed by atoms with van der Waals surface area (Å²) in [6.07, 6.45) is 3.97. The fourth-order valence-corrected chi connectivity index (χ4v) is 3.87. The number of thiophene rings is 1. The first-order chi connectivity index (χ1) is 12.0. The van der Waals surface area contributed by atoms with Gasteiger partial charge in [0.25, 0.3) is 5.91 Å². The lowest BCUT2D eigenvalue weighted by Gasteiger charge is -2.32. The molecule has 2 unspecified atom stereocenters. The molecule has 1 aromatic heterocycles. The van der Waals surface area contributed by atoms with Crippen LogP contribution in [0.4, 0.5) is 0 Å². The molecule has 0 bridgehead atoms. The Bertz CT molecular complexity index is 620. The van der Waals surface area contributed by atoms with Gasteiger partial charge < -0.3 is 16.0 Å². The fourth-order valence-electron chi connectivity index (χ4n) is 3.00. The third-order valence-corrected chi connectivity index (χ3v) is 5.55. The Hall–Kier alpha value is -1.60. The van der Waals surface area contributed by atoms with E-state index >= 15 is 0 Å². The number of hydrogen-bond acceptors (Lipinski definition) is 4. The van der Waals surface area contributed by atoms with E-state index in [0.29, 0.717) is 11.4 Å². The van der Waals surface area contributed by atoms with E-state index in [1.807, 2.05) is 13.0 Å². The van der Waals surface area contributed by atoms with Gasteiger partial charge in [0, 0.05) is 17.5 Å². The molecule has 138 valence electrons. The summed E-state index contributed by atoms with van der Waals surface area (Å²) in [5, 5.41) is 8.43. The van der Waals surface area contributed by atoms with Crippen molar-refractivity contribution in [1.82, 2.24) is 16.0 Å². The van der Waals surface area contributed by atoms with Crippen LogP contribution in [0.5, 0.6) is 0 Å². The maximum absolute atomic E-state index is 12.2. The smallest absolute Gasteiger partial charge is 0.261 e. The lowest BCUT2D eigenvalue weighted by atomic mass is 9.84. The molecule has 1 aromatic rings. The molecule has 1 aliphatic carbocycles. The van der Waals surface area contributed by atoms with Crippen molar-refractivity contribution in [3.8, 4) is 0 Å². The van der Waals surface area contributed by atoms with Crippen molar-refractivity contribution in [2.75, 3.05) is 19.0 Å². The summed E-state index contributed by atoms with van der Waals surface area (Å²) < 4.78 is 0. The van der Waals surface area contributed by atoms with Gasteiger partial charge in [0.2, 0.25) is 11.8 Å². The van der Waals surface area contributed by atoms with Crippen molar-refractivity contribution >= 4 is 40.7 Å². The molecular formula is C17H24ClN3O3S. The number of carbonyl (C=O) groups is 3. The van der Waals surface area contributed by atoms with Crippen molar-refractivity contribution in [3.05, 3.63) is 21.9 Å². The molecule has 25 heavy (non-hydrogen) atoms. The Morgan fingerprint density at radius 2 is 1.92 bits per heavy atom. The van der Waals surface area contributed by atoms with Crippen molar-refractivity contribution in [2.45, 2.75) is 38.6 Å². The quantitative estimate of drug-likeness (QED) is 0.625. The summed E-state index contributed by atoms with van der Waals surface area (Å²) in [5.41, 5.74) is 0. The van der Waals surface area contributed by atoms with Gasteiger partial charge in [-0.25, -0.2) is 0 Å². The summed E-state index contributed by atoms with van der Waals surface area (Å²) in [4.78, 5) is 37.1. The van der Waals surface area contributed by atoms with Crippen LogP contribution < -0.4 is 16.0 Å². The zero-order chi connectivity index (χ0) is 18.2. The van der Waals surface area contributed by atoms with E-state index in [2.05, 4.69) is 16.0 Å². The van der Waals surface area contributed by atoms with E-state index in [1.54, 1.807) is 6.07 Å². The standard InChI is InChI=1S/C17H24ClN3O3S/c1-11-6-7-14(25-11)17(24)20-10-16(23)21-13-5-3-2-4-12(13)9-19-15(22)8-18/h6-7,12-13H,2-5,8-10H2,1H3,(H,19,22)(H,20,24)(H,21,23). The highest BCUT2D eigenvalue weighted by Crippen LogP contribution is 2.24. The second-order valence-electron chi connectivity index (χ2n) is 6.25. The van der Waals surface area contributed by atoms with Crippen LogP contribution in [-0.2, 0) is 9.59 Å². The first kappa shape index (κ1) is 19.7. The summed E-state index contributed by atoms with van der Waals surface area (Å²) in [5.74, 6) is -0.501. The van der Waals surface area contributed by atoms with Crippen LogP contribution in [0.2, 0.25) is 0 Å². The van der Waals surface area contributed by atoms with Crippen molar-refractivity contribution in [1.29, 1.82) is 0 Å². The van der Waals surface area contributed by atoms with Crippen molar-refractivity contribution < 1.29 is 14.4 Å². The van der Waals surface area contributed by atoms with Gasteiger partial charge in [0.05, 0.1) is 11.4 Å². The minimum atomic E-state index is -0.234. The van der Waals surface area contributed by atoms with Crippen molar-refractivity contribution in [2.24, 2.45) is 5.92 Å². The van der Waals surface area contributed by atoms with E-state index < -0.39 is 0 Å². The molecule has 1 aliphatic rings. The Morgan fingerprint density at radius 3 is 2.60 bits per heavy atom. The number of rotatable bonds is 7. The number of hydrogen-bond donors (Lipinski definition) is 3. The van der Waals surface area contributed by atoms with Gasteiger partial charge in [-0.1, -0.05) is 12.8 Å². The molecule has 3 amide bonds. The zero-order valence-corrected chi connectivity index (χ0v) is 15.8. The Morgan fingerprint density at radius 1 is 1.16 bits per heavy atom. The van der Waals surface area contributed by atoms with Crippen LogP contribution in [0.15, 0.2) is 12.1 Å². The van der Waals surface area contributed by atoms with E-state index in [0.717, 1.165) is 30.6 Å². The van der Waals surface area contributed by atoms with Crippen LogP contribution >= 0.6 is 22.9 Å². The van der Waals surface area contributed by atoms with E-state index in [-0.39, 0.29) is 42.1 Å². The second kappa shape index (κ2) is 9.77. The lowest BCUT2D eigenvalue weighted by molar-refractivity contribution is -0.121. The monoisotopic (exact) mass is 385 g/mol. The third kappa shape index (κ3) is 6.32. The van der Waals surface area contributed by atoms with Gasteiger partial charge in [0.1, 0.15) is 5.88 Å². The summed E-state index contributed by atoms with van der Waals surface area (Å²) in [6, 6.07) is 3.64. The molecule has 0 aromatic carbocycles. The van der Waals surface area contributed by atoms with Crippen LogP contribution in [0.3, 0.4) is 0 Å². The Balaban J connectivity index is 1.78. The average molecular weight is 386 g/mol. The highest BCUT2D eigenvalue weighted by molar-refractivity contribution is 7.13. The van der Waals surface area contributed by atoms with Crippen molar-refractivity contribution in [3.63, 3.8) is 0 Å². The SMILES string of the molecule is Cc1ccc(C(=O)NCC(=O)NC2CCCCC2CNC(=O)CCl)s1. The molecule has 1 fully saturated rings. The number of carbonyl (C=O) groups excluding carboxylic acids is 3. The summed E-state index contributed by atoms with van der Waals surface area (Å²) in [6.45, 7) is 2.39. The van der Waals surface area contributed by atoms with Gasteiger partial charge in [-0.15, -0.1) is 22.9 Å². The molecular weight excluding hydrogens is 362 g/mol. The van der Waals surface area contributed by atoms with Gasteiger partial charge in [-0.2, -0.15) is 0 Å². The molecule has 0 saturated heterocycles. The third-order valence-electron chi connectivity index (χ3n) is 4.31. The second-order valence-corrected chi connectivity index (χ2v) is 7.80. The van der Waals surface area contributed by atoms with Gasteiger partial charge >= 0.3 is 0 Å². The minimum Gasteiger partial charge on any atom is -0.355 e. The predicted octanol–water partition coefficient (Wildman–Crippen LogP) is 1.82. The number of halogens is 1. The molecule has 2 atom stereocenters. The molecule has 1 heterocycles.